The van der Waals surface area contributed by atoms with Crippen LogP contribution in [-0.4, -0.2) is 287 Å². The summed E-state index contributed by atoms with van der Waals surface area (Å²) in [5, 5.41) is 164. The fourth-order valence-corrected chi connectivity index (χ4v) is 17.3. The first-order valence-electron chi connectivity index (χ1n) is 30.7. The fourth-order valence-electron chi connectivity index (χ4n) is 17.3. The van der Waals surface area contributed by atoms with Gasteiger partial charge in [0.15, 0.2) is 37.2 Å². The van der Waals surface area contributed by atoms with Crippen LogP contribution in [0.3, 0.4) is 0 Å². The van der Waals surface area contributed by atoms with Gasteiger partial charge < -0.3 is 133 Å². The van der Waals surface area contributed by atoms with Crippen LogP contribution in [0.25, 0.3) is 0 Å². The van der Waals surface area contributed by atoms with E-state index in [2.05, 4.69) is 27.7 Å². The first kappa shape index (κ1) is 65.1. The molecule has 0 bridgehead atoms. The molecule has 0 aromatic heterocycles. The van der Waals surface area contributed by atoms with Crippen LogP contribution in [0.15, 0.2) is 0 Å². The van der Waals surface area contributed by atoms with E-state index in [0.717, 1.165) is 38.5 Å². The van der Waals surface area contributed by atoms with Crippen LogP contribution in [-0.2, 0) is 61.6 Å². The lowest BCUT2D eigenvalue weighted by Gasteiger charge is -2.60. The molecule has 0 aromatic carbocycles. The minimum Gasteiger partial charge on any atom is -0.394 e. The van der Waals surface area contributed by atoms with E-state index in [4.69, 9.17) is 56.8 Å². The molecule has 7 heterocycles. The Labute approximate surface area is 492 Å². The van der Waals surface area contributed by atoms with Crippen molar-refractivity contribution in [3.05, 3.63) is 0 Å². The SMILES string of the molecule is C[C@@H]1CC[C@@]2(OC1)O[C@H]1C[C@H]3[C@@H]4CC[C@H]5C[C@@H](O[C@@H]6O[C@H](CO)[C@@H](O[C@@H]7O[C@H](CO)[C@@H](O)[C@H](O[C@@H]8O[C@H](CO)[C@@H](O[C@@H]9O[C@@H](C)[C@H](O)[C@@H](O)[C@H]9O)[C@H](O)[C@H]8O)[C@H]7O[C@@H]7O[C@H](CO)[C@@H](O)[C@H](O)[C@H]7O)[C@H](O)[C@H]6O)CC[C@]5(C)[C@H]4CC(=O)[C@]3(C)[C@H]1[C@@H]2C. The highest BCUT2D eigenvalue weighted by molar-refractivity contribution is 5.87. The molecule has 7 saturated heterocycles. The molecule has 7 aliphatic heterocycles. The van der Waals surface area contributed by atoms with Crippen LogP contribution in [0.5, 0.6) is 0 Å². The number of carbonyl (C=O) groups excluding carboxylic acids is 1. The first-order valence-corrected chi connectivity index (χ1v) is 30.7. The number of aliphatic hydroxyl groups excluding tert-OH is 15. The van der Waals surface area contributed by atoms with Crippen molar-refractivity contribution in [3.8, 4) is 0 Å². The van der Waals surface area contributed by atoms with Crippen molar-refractivity contribution < 1.29 is 138 Å². The predicted octanol–water partition coefficient (Wildman–Crippen LogP) is -4.88. The Bertz CT molecular complexity index is 2260. The lowest BCUT2D eigenvalue weighted by Crippen LogP contribution is -2.69. The Kier molecular flexibility index (Phi) is 19.3. The Morgan fingerprint density at radius 2 is 1.01 bits per heavy atom. The van der Waals surface area contributed by atoms with Crippen molar-refractivity contribution in [2.24, 2.45) is 52.3 Å². The second-order valence-electron chi connectivity index (χ2n) is 27.0. The van der Waals surface area contributed by atoms with E-state index in [0.29, 0.717) is 43.5 Å². The Hall–Kier alpha value is -1.41. The molecule has 0 aromatic rings. The number of ether oxygens (including phenoxy) is 12. The lowest BCUT2D eigenvalue weighted by atomic mass is 9.44. The minimum absolute atomic E-state index is 0.0374. The van der Waals surface area contributed by atoms with Crippen molar-refractivity contribution in [3.63, 3.8) is 0 Å². The highest BCUT2D eigenvalue weighted by Gasteiger charge is 2.72. The van der Waals surface area contributed by atoms with Gasteiger partial charge in [-0.1, -0.05) is 27.7 Å². The van der Waals surface area contributed by atoms with Gasteiger partial charge in [0.05, 0.1) is 51.3 Å². The molecule has 37 atom stereocenters. The number of hydrogen-bond donors (Lipinski definition) is 15. The molecule has 11 fully saturated rings. The molecule has 1 spiro atoms. The summed E-state index contributed by atoms with van der Waals surface area (Å²) in [6, 6.07) is 0. The molecule has 28 nitrogen and oxygen atoms in total. The van der Waals surface area contributed by atoms with Gasteiger partial charge in [0, 0.05) is 30.1 Å². The maximum absolute atomic E-state index is 14.8. The number of Topliss-reactive ketones (excluding diaryl/α,β-unsaturated/α-hetero) is 1. The third-order valence-corrected chi connectivity index (χ3v) is 22.3. The minimum atomic E-state index is -2.17. The van der Waals surface area contributed by atoms with Crippen molar-refractivity contribution in [1.29, 1.82) is 0 Å². The quantitative estimate of drug-likeness (QED) is 0.0725. The van der Waals surface area contributed by atoms with Crippen molar-refractivity contribution in [2.75, 3.05) is 33.0 Å². The van der Waals surface area contributed by atoms with Crippen LogP contribution >= 0.6 is 0 Å². The van der Waals surface area contributed by atoms with Gasteiger partial charge >= 0.3 is 0 Å². The molecule has 85 heavy (non-hydrogen) atoms. The number of hydrogen-bond acceptors (Lipinski definition) is 28. The second-order valence-corrected chi connectivity index (χ2v) is 27.0. The van der Waals surface area contributed by atoms with E-state index < -0.39 is 197 Å². The molecule has 4 aliphatic carbocycles. The van der Waals surface area contributed by atoms with E-state index in [1.807, 2.05) is 0 Å². The molecule has 11 rings (SSSR count). The van der Waals surface area contributed by atoms with Gasteiger partial charge in [0.2, 0.25) is 0 Å². The van der Waals surface area contributed by atoms with Gasteiger partial charge in [0.25, 0.3) is 0 Å². The average Bonchev–Trinajstić information content (AvgIpc) is 1.61. The normalized spacial score (nSPS) is 57.2. The molecule has 488 valence electrons. The van der Waals surface area contributed by atoms with Crippen molar-refractivity contribution in [1.82, 2.24) is 0 Å². The van der Waals surface area contributed by atoms with Gasteiger partial charge in [-0.15, -0.1) is 0 Å². The van der Waals surface area contributed by atoms with Crippen LogP contribution in [0.4, 0.5) is 0 Å². The number of fused-ring (bicyclic) bond motifs is 7. The van der Waals surface area contributed by atoms with Crippen molar-refractivity contribution >= 4 is 5.78 Å². The molecular weight excluding hydrogens is 1130 g/mol. The highest BCUT2D eigenvalue weighted by Crippen LogP contribution is 2.70. The van der Waals surface area contributed by atoms with Gasteiger partial charge in [-0.05, 0) is 86.9 Å². The first-order chi connectivity index (χ1) is 40.3. The summed E-state index contributed by atoms with van der Waals surface area (Å²) in [5.74, 6) is 1.14. The molecule has 4 saturated carbocycles. The largest absolute Gasteiger partial charge is 0.394 e. The average molecular weight is 1230 g/mol. The van der Waals surface area contributed by atoms with Crippen LogP contribution in [0, 0.1) is 52.3 Å². The van der Waals surface area contributed by atoms with Gasteiger partial charge in [-0.3, -0.25) is 4.79 Å². The molecule has 0 unspecified atom stereocenters. The standard InChI is InChI=1S/C57H92O28/c1-20-8-11-57(74-19-20)21(2)34-28(85-57)13-27-25-7-6-23-12-24(9-10-55(23,4)26(25)14-33(62)56(27,34)5)76-51-44(72)40(68)47(32(18-61)79-51)82-54-49(84-52-43(71)39(67)36(64)29(15-58)77-52)48(37(65)30(16-59)78-54)83-53-45(73)41(69)46(31(17-60)80-53)81-50-42(70)38(66)35(63)22(3)75-50/h20-32,34-54,58-61,63-73H,6-19H2,1-5H3/t20-,21+,22+,23+,24+,25-,26+,27+,28+,29-,30-,31-,32-,34+,35+,36-,37-,38-,39+,40-,41-,42-,43-,44-,45-,46-,47-,48+,49-,50+,51-,52+,53+,54+,55+,56-,57-/m1/s1. The summed E-state index contributed by atoms with van der Waals surface area (Å²) in [4.78, 5) is 14.8. The topological polar surface area (TPSA) is 431 Å². The smallest absolute Gasteiger partial charge is 0.187 e. The summed E-state index contributed by atoms with van der Waals surface area (Å²) in [6.07, 6.45) is -39.3. The van der Waals surface area contributed by atoms with E-state index >= 15 is 0 Å². The number of rotatable bonds is 14. The van der Waals surface area contributed by atoms with E-state index in [1.54, 1.807) is 0 Å². The van der Waals surface area contributed by atoms with Gasteiger partial charge in [-0.2, -0.15) is 0 Å². The summed E-state index contributed by atoms with van der Waals surface area (Å²) in [7, 11) is 0. The highest BCUT2D eigenvalue weighted by atomic mass is 16.8. The van der Waals surface area contributed by atoms with E-state index in [9.17, 15) is 81.4 Å². The van der Waals surface area contributed by atoms with Crippen LogP contribution in [0.1, 0.15) is 92.4 Å². The maximum atomic E-state index is 14.8. The fraction of sp³-hybridized carbons (Fsp3) is 0.982. The third-order valence-electron chi connectivity index (χ3n) is 22.3. The number of carbonyl (C=O) groups is 1. The Morgan fingerprint density at radius 1 is 0.494 bits per heavy atom. The second kappa shape index (κ2) is 25.2. The van der Waals surface area contributed by atoms with E-state index in [1.165, 1.54) is 6.92 Å². The third kappa shape index (κ3) is 11.2. The molecular formula is C57H92O28. The van der Waals surface area contributed by atoms with E-state index in [-0.39, 0.29) is 41.1 Å². The lowest BCUT2D eigenvalue weighted by molar-refractivity contribution is -0.410. The van der Waals surface area contributed by atoms with Crippen LogP contribution < -0.4 is 0 Å². The molecule has 0 amide bonds. The maximum Gasteiger partial charge on any atom is 0.187 e. The summed E-state index contributed by atoms with van der Waals surface area (Å²) in [5.41, 5.74) is -0.698. The molecule has 11 aliphatic rings. The zero-order valence-electron chi connectivity index (χ0n) is 48.5. The number of ketones is 1. The molecule has 15 N–H and O–H groups in total. The zero-order chi connectivity index (χ0) is 61.1. The summed E-state index contributed by atoms with van der Waals surface area (Å²) < 4.78 is 73.3. The van der Waals surface area contributed by atoms with Crippen molar-refractivity contribution in [2.45, 2.75) is 264 Å². The molecule has 0 radical (unpaired) electrons. The monoisotopic (exact) mass is 1220 g/mol. The van der Waals surface area contributed by atoms with Gasteiger partial charge in [0.1, 0.15) is 122 Å². The summed E-state index contributed by atoms with van der Waals surface area (Å²) in [6.45, 7) is 7.21. The number of aliphatic hydroxyl groups is 15. The Balaban J connectivity index is 0.779. The van der Waals surface area contributed by atoms with Crippen LogP contribution in [0.2, 0.25) is 0 Å². The zero-order valence-corrected chi connectivity index (χ0v) is 48.5. The summed E-state index contributed by atoms with van der Waals surface area (Å²) >= 11 is 0. The Morgan fingerprint density at radius 3 is 1.61 bits per heavy atom. The molecule has 28 heteroatoms. The van der Waals surface area contributed by atoms with Gasteiger partial charge in [-0.25, -0.2) is 0 Å². The predicted molar refractivity (Wildman–Crippen MR) is 280 cm³/mol.